The predicted octanol–water partition coefficient (Wildman–Crippen LogP) is 1.25. The summed E-state index contributed by atoms with van der Waals surface area (Å²) in [7, 11) is 2.17. The van der Waals surface area contributed by atoms with Crippen LogP contribution in [0, 0.1) is 0 Å². The molecule has 0 amide bonds. The fraction of sp³-hybridized carbons (Fsp3) is 0.933. The summed E-state index contributed by atoms with van der Waals surface area (Å²) >= 11 is 0. The van der Waals surface area contributed by atoms with Crippen LogP contribution in [0.2, 0.25) is 0 Å². The van der Waals surface area contributed by atoms with Crippen LogP contribution in [0.4, 0.5) is 0 Å². The zero-order valence-electron chi connectivity index (χ0n) is 13.7. The first-order chi connectivity index (χ1) is 9.21. The number of rotatable bonds is 7. The van der Waals surface area contributed by atoms with Gasteiger partial charge in [-0.3, -0.25) is 9.69 Å². The van der Waals surface area contributed by atoms with E-state index in [-0.39, 0.29) is 5.54 Å². The van der Waals surface area contributed by atoms with Crippen LogP contribution in [0.1, 0.15) is 40.5 Å². The number of aliphatic carboxylic acids is 1. The molecule has 1 rings (SSSR count). The summed E-state index contributed by atoms with van der Waals surface area (Å²) in [5.74, 6) is -0.752. The highest BCUT2D eigenvalue weighted by Gasteiger charge is 2.33. The second-order valence-corrected chi connectivity index (χ2v) is 6.78. The molecule has 2 N–H and O–H groups in total. The molecular weight excluding hydrogens is 254 g/mol. The van der Waals surface area contributed by atoms with Crippen LogP contribution in [0.15, 0.2) is 0 Å². The molecule has 0 aliphatic carbocycles. The van der Waals surface area contributed by atoms with Crippen molar-refractivity contribution in [1.82, 2.24) is 15.1 Å². The van der Waals surface area contributed by atoms with Gasteiger partial charge >= 0.3 is 5.97 Å². The number of nitrogens with zero attached hydrogens (tertiary/aromatic N) is 2. The predicted molar refractivity (Wildman–Crippen MR) is 82.1 cm³/mol. The van der Waals surface area contributed by atoms with E-state index in [0.717, 1.165) is 32.6 Å². The SMILES string of the molecule is CCNC(C)(CCCN1CCN(C)C(C)(C)C1)C(=O)O. The topological polar surface area (TPSA) is 55.8 Å². The molecule has 1 saturated heterocycles. The lowest BCUT2D eigenvalue weighted by Gasteiger charge is -2.45. The van der Waals surface area contributed by atoms with E-state index in [9.17, 15) is 9.90 Å². The normalized spacial score (nSPS) is 23.4. The monoisotopic (exact) mass is 285 g/mol. The average Bonchev–Trinajstić information content (AvgIpc) is 2.33. The van der Waals surface area contributed by atoms with Gasteiger partial charge in [-0.15, -0.1) is 0 Å². The highest BCUT2D eigenvalue weighted by Crippen LogP contribution is 2.20. The van der Waals surface area contributed by atoms with Crippen LogP contribution in [-0.4, -0.2) is 71.7 Å². The number of likely N-dealkylation sites (N-methyl/N-ethyl adjacent to an activating group) is 2. The van der Waals surface area contributed by atoms with Crippen molar-refractivity contribution in [1.29, 1.82) is 0 Å². The standard InChI is InChI=1S/C15H31N3O2/c1-6-16-15(4,13(19)20)8-7-9-18-11-10-17(5)14(2,3)12-18/h16H,6-12H2,1-5H3,(H,19,20). The van der Waals surface area contributed by atoms with Crippen molar-refractivity contribution in [2.75, 3.05) is 39.8 Å². The summed E-state index contributed by atoms with van der Waals surface area (Å²) in [6.07, 6.45) is 1.58. The van der Waals surface area contributed by atoms with E-state index < -0.39 is 11.5 Å². The molecule has 1 atom stereocenters. The number of hydrogen-bond acceptors (Lipinski definition) is 4. The zero-order valence-corrected chi connectivity index (χ0v) is 13.7. The Balaban J connectivity index is 2.42. The van der Waals surface area contributed by atoms with E-state index in [2.05, 4.69) is 36.0 Å². The highest BCUT2D eigenvalue weighted by molar-refractivity contribution is 5.78. The van der Waals surface area contributed by atoms with Gasteiger partial charge in [-0.2, -0.15) is 0 Å². The van der Waals surface area contributed by atoms with Crippen LogP contribution >= 0.6 is 0 Å². The number of nitrogens with one attached hydrogen (secondary N) is 1. The molecule has 5 heteroatoms. The molecule has 1 fully saturated rings. The molecule has 0 bridgehead atoms. The molecule has 1 aliphatic heterocycles. The van der Waals surface area contributed by atoms with Gasteiger partial charge in [-0.05, 0) is 53.8 Å². The Morgan fingerprint density at radius 3 is 2.55 bits per heavy atom. The van der Waals surface area contributed by atoms with Crippen LogP contribution in [0.3, 0.4) is 0 Å². The summed E-state index contributed by atoms with van der Waals surface area (Å²) < 4.78 is 0. The number of carboxylic acid groups (broad SMARTS) is 1. The third kappa shape index (κ3) is 4.43. The molecule has 0 spiro atoms. The van der Waals surface area contributed by atoms with Crippen LogP contribution in [0.25, 0.3) is 0 Å². The second kappa shape index (κ2) is 6.87. The van der Waals surface area contributed by atoms with Crippen LogP contribution < -0.4 is 5.32 Å². The maximum atomic E-state index is 11.4. The molecule has 20 heavy (non-hydrogen) atoms. The molecule has 0 aromatic heterocycles. The van der Waals surface area contributed by atoms with Gasteiger partial charge in [0.25, 0.3) is 0 Å². The van der Waals surface area contributed by atoms with Crippen molar-refractivity contribution in [3.8, 4) is 0 Å². The fourth-order valence-electron chi connectivity index (χ4n) is 2.85. The Morgan fingerprint density at radius 2 is 2.05 bits per heavy atom. The van der Waals surface area contributed by atoms with E-state index >= 15 is 0 Å². The van der Waals surface area contributed by atoms with Crippen molar-refractivity contribution in [3.05, 3.63) is 0 Å². The molecule has 1 unspecified atom stereocenters. The minimum absolute atomic E-state index is 0.204. The lowest BCUT2D eigenvalue weighted by atomic mass is 9.95. The minimum Gasteiger partial charge on any atom is -0.480 e. The first kappa shape index (κ1) is 17.4. The minimum atomic E-state index is -0.795. The highest BCUT2D eigenvalue weighted by atomic mass is 16.4. The van der Waals surface area contributed by atoms with Gasteiger partial charge < -0.3 is 15.3 Å². The maximum Gasteiger partial charge on any atom is 0.323 e. The Kier molecular flexibility index (Phi) is 5.98. The molecule has 5 nitrogen and oxygen atoms in total. The van der Waals surface area contributed by atoms with Gasteiger partial charge in [0.05, 0.1) is 0 Å². The lowest BCUT2D eigenvalue weighted by molar-refractivity contribution is -0.144. The number of carboxylic acids is 1. The van der Waals surface area contributed by atoms with Crippen molar-refractivity contribution < 1.29 is 9.90 Å². The van der Waals surface area contributed by atoms with Crippen molar-refractivity contribution in [2.45, 2.75) is 51.6 Å². The third-order valence-corrected chi connectivity index (χ3v) is 4.59. The van der Waals surface area contributed by atoms with Crippen molar-refractivity contribution in [2.24, 2.45) is 0 Å². The first-order valence-electron chi connectivity index (χ1n) is 7.63. The summed E-state index contributed by atoms with van der Waals surface area (Å²) in [4.78, 5) is 16.2. The van der Waals surface area contributed by atoms with Gasteiger partial charge in [-0.1, -0.05) is 6.92 Å². The molecule has 1 heterocycles. The van der Waals surface area contributed by atoms with E-state index in [4.69, 9.17) is 0 Å². The number of carbonyl (C=O) groups is 1. The summed E-state index contributed by atoms with van der Waals surface area (Å²) in [5.41, 5.74) is -0.590. The summed E-state index contributed by atoms with van der Waals surface area (Å²) in [5, 5.41) is 12.4. The molecule has 0 aromatic rings. The second-order valence-electron chi connectivity index (χ2n) is 6.78. The van der Waals surface area contributed by atoms with Gasteiger partial charge in [0.1, 0.15) is 5.54 Å². The van der Waals surface area contributed by atoms with Gasteiger partial charge in [0.15, 0.2) is 0 Å². The average molecular weight is 285 g/mol. The number of hydrogen-bond donors (Lipinski definition) is 2. The first-order valence-corrected chi connectivity index (χ1v) is 7.63. The quantitative estimate of drug-likeness (QED) is 0.737. The lowest BCUT2D eigenvalue weighted by Crippen LogP contribution is -2.57. The third-order valence-electron chi connectivity index (χ3n) is 4.59. The number of piperazine rings is 1. The van der Waals surface area contributed by atoms with E-state index in [1.807, 2.05) is 6.92 Å². The van der Waals surface area contributed by atoms with Crippen molar-refractivity contribution in [3.63, 3.8) is 0 Å². The molecule has 118 valence electrons. The van der Waals surface area contributed by atoms with Gasteiger partial charge in [0, 0.05) is 25.2 Å². The molecule has 1 aliphatic rings. The largest absolute Gasteiger partial charge is 0.480 e. The molecule has 0 radical (unpaired) electrons. The van der Waals surface area contributed by atoms with E-state index in [1.165, 1.54) is 0 Å². The van der Waals surface area contributed by atoms with Crippen LogP contribution in [-0.2, 0) is 4.79 Å². The molecule has 0 saturated carbocycles. The smallest absolute Gasteiger partial charge is 0.323 e. The summed E-state index contributed by atoms with van der Waals surface area (Å²) in [6, 6.07) is 0. The van der Waals surface area contributed by atoms with E-state index in [1.54, 1.807) is 6.92 Å². The van der Waals surface area contributed by atoms with E-state index in [0.29, 0.717) is 13.0 Å². The molecular formula is C15H31N3O2. The van der Waals surface area contributed by atoms with Gasteiger partial charge in [0.2, 0.25) is 0 Å². The zero-order chi connectivity index (χ0) is 15.4. The Morgan fingerprint density at radius 1 is 1.40 bits per heavy atom. The summed E-state index contributed by atoms with van der Waals surface area (Å²) in [6.45, 7) is 13.1. The van der Waals surface area contributed by atoms with Crippen molar-refractivity contribution >= 4 is 5.97 Å². The maximum absolute atomic E-state index is 11.4. The van der Waals surface area contributed by atoms with Crippen LogP contribution in [0.5, 0.6) is 0 Å². The molecule has 0 aromatic carbocycles. The Labute approximate surface area is 123 Å². The Hall–Kier alpha value is -0.650. The van der Waals surface area contributed by atoms with Gasteiger partial charge in [-0.25, -0.2) is 0 Å². The fourth-order valence-corrected chi connectivity index (χ4v) is 2.85. The Bertz CT molecular complexity index is 333.